The second-order valence-corrected chi connectivity index (χ2v) is 6.89. The summed E-state index contributed by atoms with van der Waals surface area (Å²) in [6.07, 6.45) is 2.00. The number of nitrogens with zero attached hydrogens (tertiary/aromatic N) is 1. The number of amides is 3. The molecule has 1 heterocycles. The van der Waals surface area contributed by atoms with Crippen molar-refractivity contribution < 1.29 is 14.4 Å². The molecule has 7 heteroatoms. The number of hydrogen-bond donors (Lipinski definition) is 2. The van der Waals surface area contributed by atoms with E-state index in [9.17, 15) is 14.4 Å². The zero-order chi connectivity index (χ0) is 18.4. The van der Waals surface area contributed by atoms with E-state index >= 15 is 0 Å². The maximum Gasteiger partial charge on any atom is 0.253 e. The highest BCUT2D eigenvalue weighted by molar-refractivity contribution is 6.33. The number of likely N-dealkylation sites (tertiary alicyclic amines) is 1. The average molecular weight is 366 g/mol. The van der Waals surface area contributed by atoms with E-state index in [0.717, 1.165) is 25.9 Å². The second kappa shape index (κ2) is 8.85. The number of benzene rings is 1. The van der Waals surface area contributed by atoms with Crippen molar-refractivity contribution in [3.8, 4) is 0 Å². The molecular weight excluding hydrogens is 342 g/mol. The minimum Gasteiger partial charge on any atom is -0.345 e. The van der Waals surface area contributed by atoms with Crippen molar-refractivity contribution in [2.75, 3.05) is 19.6 Å². The van der Waals surface area contributed by atoms with E-state index in [1.165, 1.54) is 0 Å². The fraction of sp³-hybridized carbons (Fsp3) is 0.500. The Labute approximate surface area is 152 Å². The Kier molecular flexibility index (Phi) is 6.82. The van der Waals surface area contributed by atoms with Gasteiger partial charge in [0.1, 0.15) is 6.04 Å². The smallest absolute Gasteiger partial charge is 0.253 e. The molecule has 1 aliphatic heterocycles. The van der Waals surface area contributed by atoms with Crippen LogP contribution in [0.4, 0.5) is 0 Å². The summed E-state index contributed by atoms with van der Waals surface area (Å²) in [5.41, 5.74) is 0.316. The highest BCUT2D eigenvalue weighted by Gasteiger charge is 2.26. The van der Waals surface area contributed by atoms with Gasteiger partial charge in [-0.25, -0.2) is 0 Å². The van der Waals surface area contributed by atoms with E-state index in [2.05, 4.69) is 10.6 Å². The molecule has 136 valence electrons. The summed E-state index contributed by atoms with van der Waals surface area (Å²) in [5, 5.41) is 5.67. The Morgan fingerprint density at radius 3 is 2.40 bits per heavy atom. The molecule has 1 unspecified atom stereocenters. The van der Waals surface area contributed by atoms with Crippen LogP contribution in [0.5, 0.6) is 0 Å². The highest BCUT2D eigenvalue weighted by Crippen LogP contribution is 2.15. The van der Waals surface area contributed by atoms with Crippen LogP contribution in [0.2, 0.25) is 5.02 Å². The Balaban J connectivity index is 1.95. The van der Waals surface area contributed by atoms with Crippen molar-refractivity contribution in [1.29, 1.82) is 0 Å². The van der Waals surface area contributed by atoms with E-state index in [4.69, 9.17) is 11.6 Å². The maximum atomic E-state index is 12.4. The predicted molar refractivity (Wildman–Crippen MR) is 96.4 cm³/mol. The Morgan fingerprint density at radius 1 is 1.16 bits per heavy atom. The van der Waals surface area contributed by atoms with E-state index in [1.807, 2.05) is 13.8 Å². The normalized spacial score (nSPS) is 15.1. The Bertz CT molecular complexity index is 642. The summed E-state index contributed by atoms with van der Waals surface area (Å²) < 4.78 is 0. The van der Waals surface area contributed by atoms with Gasteiger partial charge in [-0.1, -0.05) is 37.6 Å². The SMILES string of the molecule is CC(C)C(NC(=O)c1ccccc1Cl)C(=O)NCC(=O)N1CCCC1. The van der Waals surface area contributed by atoms with Gasteiger partial charge in [0.15, 0.2) is 0 Å². The summed E-state index contributed by atoms with van der Waals surface area (Å²) in [5.74, 6) is -1.01. The highest BCUT2D eigenvalue weighted by atomic mass is 35.5. The largest absolute Gasteiger partial charge is 0.345 e. The first-order chi connectivity index (χ1) is 11.9. The zero-order valence-corrected chi connectivity index (χ0v) is 15.3. The van der Waals surface area contributed by atoms with Gasteiger partial charge in [0.05, 0.1) is 17.1 Å². The minimum atomic E-state index is -0.741. The van der Waals surface area contributed by atoms with Gasteiger partial charge in [-0.05, 0) is 30.9 Å². The summed E-state index contributed by atoms with van der Waals surface area (Å²) in [4.78, 5) is 38.6. The van der Waals surface area contributed by atoms with Crippen molar-refractivity contribution in [2.24, 2.45) is 5.92 Å². The van der Waals surface area contributed by atoms with Crippen LogP contribution in [0.1, 0.15) is 37.0 Å². The molecule has 2 N–H and O–H groups in total. The first-order valence-corrected chi connectivity index (χ1v) is 8.89. The van der Waals surface area contributed by atoms with E-state index < -0.39 is 11.9 Å². The predicted octanol–water partition coefficient (Wildman–Crippen LogP) is 1.83. The van der Waals surface area contributed by atoms with Gasteiger partial charge in [0.25, 0.3) is 5.91 Å². The molecule has 1 saturated heterocycles. The van der Waals surface area contributed by atoms with Crippen LogP contribution in [-0.4, -0.2) is 48.3 Å². The molecule has 2 rings (SSSR count). The fourth-order valence-electron chi connectivity index (χ4n) is 2.75. The number of carbonyl (C=O) groups excluding carboxylic acids is 3. The summed E-state index contributed by atoms with van der Waals surface area (Å²) in [6.45, 7) is 5.10. The molecule has 1 aliphatic rings. The van der Waals surface area contributed by atoms with Crippen molar-refractivity contribution >= 4 is 29.3 Å². The number of rotatable bonds is 6. The molecule has 0 aliphatic carbocycles. The van der Waals surface area contributed by atoms with Crippen molar-refractivity contribution in [3.63, 3.8) is 0 Å². The van der Waals surface area contributed by atoms with Crippen LogP contribution in [-0.2, 0) is 9.59 Å². The van der Waals surface area contributed by atoms with Gasteiger partial charge < -0.3 is 15.5 Å². The number of halogens is 1. The molecule has 3 amide bonds. The third kappa shape index (κ3) is 5.19. The molecular formula is C18H24ClN3O3. The zero-order valence-electron chi connectivity index (χ0n) is 14.5. The molecule has 1 aromatic carbocycles. The van der Waals surface area contributed by atoms with Crippen molar-refractivity contribution in [2.45, 2.75) is 32.7 Å². The lowest BCUT2D eigenvalue weighted by molar-refractivity contribution is -0.132. The third-order valence-corrected chi connectivity index (χ3v) is 4.56. The van der Waals surface area contributed by atoms with Crippen LogP contribution in [0.3, 0.4) is 0 Å². The average Bonchev–Trinajstić information content (AvgIpc) is 3.11. The van der Waals surface area contributed by atoms with E-state index in [1.54, 1.807) is 29.2 Å². The molecule has 1 fully saturated rings. The lowest BCUT2D eigenvalue weighted by atomic mass is 10.0. The minimum absolute atomic E-state index is 0.0516. The molecule has 1 atom stereocenters. The van der Waals surface area contributed by atoms with Crippen LogP contribution < -0.4 is 10.6 Å². The molecule has 6 nitrogen and oxygen atoms in total. The Morgan fingerprint density at radius 2 is 1.80 bits per heavy atom. The summed E-state index contributed by atoms with van der Waals surface area (Å²) in [6, 6.07) is 5.92. The first-order valence-electron chi connectivity index (χ1n) is 8.51. The maximum absolute atomic E-state index is 12.4. The topological polar surface area (TPSA) is 78.5 Å². The number of hydrogen-bond acceptors (Lipinski definition) is 3. The lowest BCUT2D eigenvalue weighted by Gasteiger charge is -2.23. The molecule has 0 saturated carbocycles. The molecule has 0 bridgehead atoms. The van der Waals surface area contributed by atoms with Crippen LogP contribution in [0, 0.1) is 5.92 Å². The van der Waals surface area contributed by atoms with Crippen molar-refractivity contribution in [3.05, 3.63) is 34.9 Å². The monoisotopic (exact) mass is 365 g/mol. The van der Waals surface area contributed by atoms with Gasteiger partial charge in [0.2, 0.25) is 11.8 Å². The van der Waals surface area contributed by atoms with Crippen LogP contribution >= 0.6 is 11.6 Å². The van der Waals surface area contributed by atoms with Gasteiger partial charge in [0, 0.05) is 13.1 Å². The van der Waals surface area contributed by atoms with Crippen molar-refractivity contribution in [1.82, 2.24) is 15.5 Å². The molecule has 1 aromatic rings. The second-order valence-electron chi connectivity index (χ2n) is 6.48. The van der Waals surface area contributed by atoms with Gasteiger partial charge in [-0.3, -0.25) is 14.4 Å². The van der Waals surface area contributed by atoms with E-state index in [-0.39, 0.29) is 24.3 Å². The standard InChI is InChI=1S/C18H24ClN3O3/c1-12(2)16(21-17(24)13-7-3-4-8-14(13)19)18(25)20-11-15(23)22-9-5-6-10-22/h3-4,7-8,12,16H,5-6,9-11H2,1-2H3,(H,20,25)(H,21,24). The first kappa shape index (κ1) is 19.2. The Hall–Kier alpha value is -2.08. The fourth-order valence-corrected chi connectivity index (χ4v) is 2.97. The molecule has 0 aromatic heterocycles. The summed E-state index contributed by atoms with van der Waals surface area (Å²) >= 11 is 6.03. The number of nitrogens with one attached hydrogen (secondary N) is 2. The number of carbonyl (C=O) groups is 3. The third-order valence-electron chi connectivity index (χ3n) is 4.23. The quantitative estimate of drug-likeness (QED) is 0.807. The van der Waals surface area contributed by atoms with Gasteiger partial charge in [-0.2, -0.15) is 0 Å². The lowest BCUT2D eigenvalue weighted by Crippen LogP contribution is -2.51. The van der Waals surface area contributed by atoms with Crippen LogP contribution in [0.25, 0.3) is 0 Å². The summed E-state index contributed by atoms with van der Waals surface area (Å²) in [7, 11) is 0. The van der Waals surface area contributed by atoms with Crippen LogP contribution in [0.15, 0.2) is 24.3 Å². The molecule has 0 spiro atoms. The van der Waals surface area contributed by atoms with Gasteiger partial charge >= 0.3 is 0 Å². The molecule has 25 heavy (non-hydrogen) atoms. The van der Waals surface area contributed by atoms with Gasteiger partial charge in [-0.15, -0.1) is 0 Å². The molecule has 0 radical (unpaired) electrons. The van der Waals surface area contributed by atoms with E-state index in [0.29, 0.717) is 10.6 Å².